The molecule has 1 N–H and O–H groups in total. The lowest BCUT2D eigenvalue weighted by molar-refractivity contribution is -0.138. The van der Waals surface area contributed by atoms with Gasteiger partial charge in [-0.1, -0.05) is 18.2 Å². The van der Waals surface area contributed by atoms with Gasteiger partial charge >= 0.3 is 6.18 Å². The largest absolute Gasteiger partial charge is 0.416 e. The third-order valence-corrected chi connectivity index (χ3v) is 2.73. The van der Waals surface area contributed by atoms with Gasteiger partial charge in [0.2, 0.25) is 0 Å². The summed E-state index contributed by atoms with van der Waals surface area (Å²) in [6.07, 6.45) is -4.45. The van der Waals surface area contributed by atoms with Crippen molar-refractivity contribution >= 4 is 5.69 Å². The first-order valence-corrected chi connectivity index (χ1v) is 5.72. The van der Waals surface area contributed by atoms with Gasteiger partial charge in [0.1, 0.15) is 0 Å². The molecule has 0 amide bonds. The summed E-state index contributed by atoms with van der Waals surface area (Å²) >= 11 is 0. The molecule has 2 rings (SSSR count). The van der Waals surface area contributed by atoms with Crippen molar-refractivity contribution < 1.29 is 22.0 Å². The molecule has 0 saturated heterocycles. The van der Waals surface area contributed by atoms with Crippen LogP contribution in [0.2, 0.25) is 0 Å². The van der Waals surface area contributed by atoms with Crippen LogP contribution in [0.25, 0.3) is 0 Å². The van der Waals surface area contributed by atoms with E-state index in [0.717, 1.165) is 18.2 Å². The zero-order valence-corrected chi connectivity index (χ0v) is 10.1. The summed E-state index contributed by atoms with van der Waals surface area (Å²) < 4.78 is 64.0. The maximum absolute atomic E-state index is 13.0. The predicted molar refractivity (Wildman–Crippen MR) is 65.1 cm³/mol. The van der Waals surface area contributed by atoms with E-state index in [1.54, 1.807) is 0 Å². The van der Waals surface area contributed by atoms with Gasteiger partial charge in [0.25, 0.3) is 0 Å². The van der Waals surface area contributed by atoms with Crippen LogP contribution in [0.1, 0.15) is 11.1 Å². The Morgan fingerprint density at radius 2 is 1.60 bits per heavy atom. The molecule has 0 aliphatic carbocycles. The van der Waals surface area contributed by atoms with Crippen LogP contribution in [0.5, 0.6) is 0 Å². The molecule has 0 aliphatic heterocycles. The van der Waals surface area contributed by atoms with Crippen LogP contribution >= 0.6 is 0 Å². The minimum absolute atomic E-state index is 0.0322. The number of nitrogens with one attached hydrogen (secondary N) is 1. The Morgan fingerprint density at radius 3 is 2.25 bits per heavy atom. The zero-order chi connectivity index (χ0) is 14.8. The number of anilines is 1. The highest BCUT2D eigenvalue weighted by Gasteiger charge is 2.32. The van der Waals surface area contributed by atoms with E-state index in [1.165, 1.54) is 24.3 Å². The molecule has 1 nitrogen and oxygen atoms in total. The molecule has 0 saturated carbocycles. The van der Waals surface area contributed by atoms with Crippen molar-refractivity contribution in [1.82, 2.24) is 0 Å². The van der Waals surface area contributed by atoms with Crippen LogP contribution in [0.4, 0.5) is 27.6 Å². The maximum Gasteiger partial charge on any atom is 0.416 e. The molecule has 6 heteroatoms. The van der Waals surface area contributed by atoms with Crippen molar-refractivity contribution in [2.45, 2.75) is 12.7 Å². The first-order valence-electron chi connectivity index (χ1n) is 5.72. The van der Waals surface area contributed by atoms with E-state index in [1.807, 2.05) is 0 Å². The Labute approximate surface area is 112 Å². The molecule has 2 aromatic rings. The molecule has 0 heterocycles. The first kappa shape index (κ1) is 14.3. The van der Waals surface area contributed by atoms with Crippen LogP contribution in [-0.4, -0.2) is 0 Å². The highest BCUT2D eigenvalue weighted by Crippen LogP contribution is 2.32. The summed E-state index contributed by atoms with van der Waals surface area (Å²) in [5, 5.41) is 2.63. The summed E-state index contributed by atoms with van der Waals surface area (Å²) in [5.41, 5.74) is -0.513. The van der Waals surface area contributed by atoms with Crippen LogP contribution in [0.15, 0.2) is 42.5 Å². The molecule has 0 radical (unpaired) electrons. The smallest absolute Gasteiger partial charge is 0.381 e. The van der Waals surface area contributed by atoms with Gasteiger partial charge in [0.15, 0.2) is 11.6 Å². The lowest BCUT2D eigenvalue weighted by Gasteiger charge is -2.13. The SMILES string of the molecule is Fc1ccc(NCc2ccccc2C(F)(F)F)cc1F. The Morgan fingerprint density at radius 1 is 0.900 bits per heavy atom. The van der Waals surface area contributed by atoms with Gasteiger partial charge in [-0.2, -0.15) is 13.2 Å². The quantitative estimate of drug-likeness (QED) is 0.814. The number of benzene rings is 2. The van der Waals surface area contributed by atoms with Crippen LogP contribution in [0, 0.1) is 11.6 Å². The van der Waals surface area contributed by atoms with Crippen LogP contribution < -0.4 is 5.32 Å². The van der Waals surface area contributed by atoms with E-state index in [-0.39, 0.29) is 17.8 Å². The maximum atomic E-state index is 13.0. The molecule has 20 heavy (non-hydrogen) atoms. The molecule has 106 valence electrons. The number of halogens is 5. The summed E-state index contributed by atoms with van der Waals surface area (Å²) in [6.45, 7) is -0.138. The molecular formula is C14H10F5N. The van der Waals surface area contributed by atoms with E-state index in [9.17, 15) is 22.0 Å². The Balaban J connectivity index is 2.17. The number of hydrogen-bond acceptors (Lipinski definition) is 1. The minimum Gasteiger partial charge on any atom is -0.381 e. The Hall–Kier alpha value is -2.11. The molecule has 2 aromatic carbocycles. The average molecular weight is 287 g/mol. The number of hydrogen-bond donors (Lipinski definition) is 1. The minimum atomic E-state index is -4.45. The third kappa shape index (κ3) is 3.26. The molecule has 0 atom stereocenters. The lowest BCUT2D eigenvalue weighted by atomic mass is 10.1. The van der Waals surface area contributed by atoms with E-state index in [4.69, 9.17) is 0 Å². The molecule has 0 bridgehead atoms. The highest BCUT2D eigenvalue weighted by molar-refractivity contribution is 5.45. The summed E-state index contributed by atoms with van der Waals surface area (Å²) in [5.74, 6) is -2.06. The van der Waals surface area contributed by atoms with Gasteiger partial charge in [-0.25, -0.2) is 8.78 Å². The van der Waals surface area contributed by atoms with Gasteiger partial charge in [0.05, 0.1) is 5.56 Å². The second-order valence-corrected chi connectivity index (χ2v) is 4.14. The molecule has 0 aliphatic rings. The molecule has 0 fully saturated rings. The fourth-order valence-electron chi connectivity index (χ4n) is 1.75. The predicted octanol–water partition coefficient (Wildman–Crippen LogP) is 4.60. The van der Waals surface area contributed by atoms with Gasteiger partial charge in [0, 0.05) is 18.3 Å². The molecule has 0 spiro atoms. The summed E-state index contributed by atoms with van der Waals surface area (Å²) in [4.78, 5) is 0. The first-order chi connectivity index (χ1) is 9.38. The van der Waals surface area contributed by atoms with Crippen molar-refractivity contribution in [3.63, 3.8) is 0 Å². The van der Waals surface area contributed by atoms with E-state index in [0.29, 0.717) is 0 Å². The normalized spacial score (nSPS) is 11.4. The van der Waals surface area contributed by atoms with Crippen molar-refractivity contribution in [1.29, 1.82) is 0 Å². The number of alkyl halides is 3. The fraction of sp³-hybridized carbons (Fsp3) is 0.143. The van der Waals surface area contributed by atoms with Crippen LogP contribution in [0.3, 0.4) is 0 Å². The van der Waals surface area contributed by atoms with E-state index in [2.05, 4.69) is 5.32 Å². The third-order valence-electron chi connectivity index (χ3n) is 2.73. The van der Waals surface area contributed by atoms with Gasteiger partial charge < -0.3 is 5.32 Å². The molecule has 0 unspecified atom stereocenters. The average Bonchev–Trinajstić information content (AvgIpc) is 2.39. The summed E-state index contributed by atoms with van der Waals surface area (Å²) in [6, 6.07) is 8.15. The topological polar surface area (TPSA) is 12.0 Å². The second kappa shape index (κ2) is 5.48. The van der Waals surface area contributed by atoms with Crippen molar-refractivity contribution in [3.8, 4) is 0 Å². The Bertz CT molecular complexity index is 607. The van der Waals surface area contributed by atoms with Crippen molar-refractivity contribution in [2.75, 3.05) is 5.32 Å². The van der Waals surface area contributed by atoms with Crippen LogP contribution in [-0.2, 0) is 12.7 Å². The summed E-state index contributed by atoms with van der Waals surface area (Å²) in [7, 11) is 0. The van der Waals surface area contributed by atoms with Crippen molar-refractivity contribution in [3.05, 3.63) is 65.2 Å². The Kier molecular flexibility index (Phi) is 3.92. The van der Waals surface area contributed by atoms with Gasteiger partial charge in [-0.15, -0.1) is 0 Å². The molecule has 0 aromatic heterocycles. The fourth-order valence-corrected chi connectivity index (χ4v) is 1.75. The van der Waals surface area contributed by atoms with Gasteiger partial charge in [-0.05, 0) is 23.8 Å². The number of rotatable bonds is 3. The van der Waals surface area contributed by atoms with Crippen molar-refractivity contribution in [2.24, 2.45) is 0 Å². The van der Waals surface area contributed by atoms with Gasteiger partial charge in [-0.3, -0.25) is 0 Å². The second-order valence-electron chi connectivity index (χ2n) is 4.14. The zero-order valence-electron chi connectivity index (χ0n) is 10.1. The van der Waals surface area contributed by atoms with E-state index >= 15 is 0 Å². The highest BCUT2D eigenvalue weighted by atomic mass is 19.4. The van der Waals surface area contributed by atoms with E-state index < -0.39 is 23.4 Å². The standard InChI is InChI=1S/C14H10F5N/c15-12-6-5-10(7-13(12)16)20-8-9-3-1-2-4-11(9)14(17,18)19/h1-7,20H,8H2. The lowest BCUT2D eigenvalue weighted by Crippen LogP contribution is -2.11. The monoisotopic (exact) mass is 287 g/mol. The molecular weight excluding hydrogens is 277 g/mol.